The van der Waals surface area contributed by atoms with E-state index in [0.29, 0.717) is 12.5 Å². The zero-order chi connectivity index (χ0) is 13.7. The van der Waals surface area contributed by atoms with E-state index in [2.05, 4.69) is 42.6 Å². The minimum atomic E-state index is -0.211. The molecule has 1 aromatic heterocycles. The molecule has 4 heteroatoms. The molecule has 1 amide bonds. The minimum Gasteiger partial charge on any atom is -0.370 e. The monoisotopic (exact) mass is 276 g/mol. The lowest BCUT2D eigenvalue weighted by Gasteiger charge is -2.11. The second-order valence-electron chi connectivity index (χ2n) is 4.79. The predicted molar refractivity (Wildman–Crippen MR) is 81.3 cm³/mol. The van der Waals surface area contributed by atoms with Gasteiger partial charge in [0.25, 0.3) is 0 Å². The van der Waals surface area contributed by atoms with Crippen LogP contribution in [0.1, 0.15) is 37.1 Å². The summed E-state index contributed by atoms with van der Waals surface area (Å²) in [5.74, 6) is -0.211. The van der Waals surface area contributed by atoms with Crippen molar-refractivity contribution in [3.05, 3.63) is 35.2 Å². The summed E-state index contributed by atoms with van der Waals surface area (Å²) < 4.78 is 1.33. The molecule has 0 radical (unpaired) electrons. The van der Waals surface area contributed by atoms with Gasteiger partial charge in [0.15, 0.2) is 0 Å². The Morgan fingerprint density at radius 2 is 2.16 bits per heavy atom. The topological polar surface area (TPSA) is 55.1 Å². The highest BCUT2D eigenvalue weighted by atomic mass is 32.1. The van der Waals surface area contributed by atoms with Gasteiger partial charge < -0.3 is 11.1 Å². The third kappa shape index (κ3) is 4.04. The maximum atomic E-state index is 10.6. The fourth-order valence-electron chi connectivity index (χ4n) is 2.06. The van der Waals surface area contributed by atoms with Crippen molar-refractivity contribution < 1.29 is 4.79 Å². The number of amides is 1. The summed E-state index contributed by atoms with van der Waals surface area (Å²) in [4.78, 5) is 12.0. The second-order valence-corrected chi connectivity index (χ2v) is 5.90. The van der Waals surface area contributed by atoms with Crippen LogP contribution in [0.3, 0.4) is 0 Å². The standard InChI is InChI=1S/C15H20N2OS/c1-11(17-9-5-4-8-15(16)18)14-10-12-6-2-3-7-13(12)19-14/h2-3,6-7,10-11,17H,4-5,8-9H2,1H3,(H2,16,18). The molecule has 19 heavy (non-hydrogen) atoms. The molecule has 0 saturated carbocycles. The zero-order valence-electron chi connectivity index (χ0n) is 11.2. The molecule has 0 aliphatic rings. The van der Waals surface area contributed by atoms with Crippen LogP contribution in [0.25, 0.3) is 10.1 Å². The van der Waals surface area contributed by atoms with Gasteiger partial charge in [0.2, 0.25) is 5.91 Å². The zero-order valence-corrected chi connectivity index (χ0v) is 12.0. The average molecular weight is 276 g/mol. The Labute approximate surface area is 117 Å². The number of carbonyl (C=O) groups excluding carboxylic acids is 1. The van der Waals surface area contributed by atoms with E-state index < -0.39 is 0 Å². The average Bonchev–Trinajstić information content (AvgIpc) is 2.81. The van der Waals surface area contributed by atoms with Gasteiger partial charge in [-0.3, -0.25) is 4.79 Å². The van der Waals surface area contributed by atoms with Crippen molar-refractivity contribution in [2.45, 2.75) is 32.2 Å². The number of hydrogen-bond donors (Lipinski definition) is 2. The van der Waals surface area contributed by atoms with Crippen molar-refractivity contribution in [2.75, 3.05) is 6.54 Å². The van der Waals surface area contributed by atoms with Crippen LogP contribution in [0.5, 0.6) is 0 Å². The van der Waals surface area contributed by atoms with Gasteiger partial charge in [0.05, 0.1) is 0 Å². The van der Waals surface area contributed by atoms with Crippen molar-refractivity contribution in [1.29, 1.82) is 0 Å². The van der Waals surface area contributed by atoms with Crippen molar-refractivity contribution in [2.24, 2.45) is 5.73 Å². The van der Waals surface area contributed by atoms with Gasteiger partial charge in [-0.25, -0.2) is 0 Å². The van der Waals surface area contributed by atoms with E-state index in [-0.39, 0.29) is 5.91 Å². The van der Waals surface area contributed by atoms with Gasteiger partial charge in [-0.1, -0.05) is 18.2 Å². The molecule has 0 aliphatic heterocycles. The Balaban J connectivity index is 1.82. The number of primary amides is 1. The van der Waals surface area contributed by atoms with Crippen LogP contribution in [-0.2, 0) is 4.79 Å². The Bertz CT molecular complexity index is 517. The summed E-state index contributed by atoms with van der Waals surface area (Å²) in [6.07, 6.45) is 2.33. The maximum absolute atomic E-state index is 10.6. The fourth-order valence-corrected chi connectivity index (χ4v) is 3.15. The molecule has 3 nitrogen and oxygen atoms in total. The van der Waals surface area contributed by atoms with Crippen LogP contribution in [0.4, 0.5) is 0 Å². The van der Waals surface area contributed by atoms with Gasteiger partial charge in [-0.2, -0.15) is 0 Å². The summed E-state index contributed by atoms with van der Waals surface area (Å²) >= 11 is 1.84. The molecular weight excluding hydrogens is 256 g/mol. The quantitative estimate of drug-likeness (QED) is 0.763. The van der Waals surface area contributed by atoms with E-state index in [1.807, 2.05) is 11.3 Å². The molecule has 102 valence electrons. The first kappa shape index (κ1) is 14.0. The lowest BCUT2D eigenvalue weighted by atomic mass is 10.2. The van der Waals surface area contributed by atoms with Gasteiger partial charge in [0.1, 0.15) is 0 Å². The predicted octanol–water partition coefficient (Wildman–Crippen LogP) is 3.21. The molecule has 0 spiro atoms. The number of nitrogens with one attached hydrogen (secondary N) is 1. The lowest BCUT2D eigenvalue weighted by molar-refractivity contribution is -0.118. The summed E-state index contributed by atoms with van der Waals surface area (Å²) in [5, 5.41) is 4.80. The number of hydrogen-bond acceptors (Lipinski definition) is 3. The van der Waals surface area contributed by atoms with Crippen molar-refractivity contribution in [1.82, 2.24) is 5.32 Å². The van der Waals surface area contributed by atoms with Crippen LogP contribution < -0.4 is 11.1 Å². The van der Waals surface area contributed by atoms with E-state index in [0.717, 1.165) is 19.4 Å². The number of unbranched alkanes of at least 4 members (excludes halogenated alkanes) is 1. The molecule has 0 bridgehead atoms. The first-order chi connectivity index (χ1) is 9.16. The van der Waals surface area contributed by atoms with Crippen LogP contribution in [0.15, 0.2) is 30.3 Å². The summed E-state index contributed by atoms with van der Waals surface area (Å²) in [7, 11) is 0. The first-order valence-corrected chi connectivity index (χ1v) is 7.48. The highest BCUT2D eigenvalue weighted by molar-refractivity contribution is 7.19. The van der Waals surface area contributed by atoms with Gasteiger partial charge in [-0.05, 0) is 43.8 Å². The third-order valence-corrected chi connectivity index (χ3v) is 4.47. The molecule has 1 unspecified atom stereocenters. The first-order valence-electron chi connectivity index (χ1n) is 6.67. The maximum Gasteiger partial charge on any atom is 0.217 e. The van der Waals surface area contributed by atoms with E-state index in [1.165, 1.54) is 15.0 Å². The highest BCUT2D eigenvalue weighted by Crippen LogP contribution is 2.29. The summed E-state index contributed by atoms with van der Waals surface area (Å²) in [6.45, 7) is 3.10. The summed E-state index contributed by atoms with van der Waals surface area (Å²) in [6, 6.07) is 11.1. The van der Waals surface area contributed by atoms with E-state index in [4.69, 9.17) is 5.73 Å². The number of nitrogens with two attached hydrogens (primary N) is 1. The molecule has 0 fully saturated rings. The van der Waals surface area contributed by atoms with Crippen LogP contribution in [-0.4, -0.2) is 12.5 Å². The van der Waals surface area contributed by atoms with Gasteiger partial charge in [-0.15, -0.1) is 11.3 Å². The Hall–Kier alpha value is -1.39. The molecular formula is C15H20N2OS. The molecule has 0 saturated heterocycles. The Morgan fingerprint density at radius 1 is 1.37 bits per heavy atom. The van der Waals surface area contributed by atoms with Gasteiger partial charge in [0, 0.05) is 22.0 Å². The molecule has 2 aromatic rings. The van der Waals surface area contributed by atoms with Gasteiger partial charge >= 0.3 is 0 Å². The SMILES string of the molecule is CC(NCCCCC(N)=O)c1cc2ccccc2s1. The van der Waals surface area contributed by atoms with Crippen LogP contribution >= 0.6 is 11.3 Å². The normalized spacial score (nSPS) is 12.7. The Kier molecular flexibility index (Phi) is 4.93. The molecule has 0 aliphatic carbocycles. The van der Waals surface area contributed by atoms with E-state index >= 15 is 0 Å². The fraction of sp³-hybridized carbons (Fsp3) is 0.400. The van der Waals surface area contributed by atoms with Crippen LogP contribution in [0.2, 0.25) is 0 Å². The summed E-state index contributed by atoms with van der Waals surface area (Å²) in [5.41, 5.74) is 5.11. The number of rotatable bonds is 7. The van der Waals surface area contributed by atoms with E-state index in [9.17, 15) is 4.79 Å². The van der Waals surface area contributed by atoms with E-state index in [1.54, 1.807) is 0 Å². The van der Waals surface area contributed by atoms with Crippen LogP contribution in [0, 0.1) is 0 Å². The number of fused-ring (bicyclic) bond motifs is 1. The molecule has 1 atom stereocenters. The van der Waals surface area contributed by atoms with Crippen molar-refractivity contribution in [3.63, 3.8) is 0 Å². The number of benzene rings is 1. The van der Waals surface area contributed by atoms with Crippen molar-refractivity contribution in [3.8, 4) is 0 Å². The number of thiophene rings is 1. The molecule has 2 rings (SSSR count). The largest absolute Gasteiger partial charge is 0.370 e. The number of carbonyl (C=O) groups is 1. The Morgan fingerprint density at radius 3 is 2.89 bits per heavy atom. The molecule has 1 aromatic carbocycles. The van der Waals surface area contributed by atoms with Crippen molar-refractivity contribution >= 4 is 27.3 Å². The molecule has 1 heterocycles. The lowest BCUT2D eigenvalue weighted by Crippen LogP contribution is -2.19. The minimum absolute atomic E-state index is 0.211. The third-order valence-electron chi connectivity index (χ3n) is 3.17. The second kappa shape index (κ2) is 6.68. The molecule has 3 N–H and O–H groups in total. The smallest absolute Gasteiger partial charge is 0.217 e. The highest BCUT2D eigenvalue weighted by Gasteiger charge is 2.08.